The van der Waals surface area contributed by atoms with Crippen LogP contribution in [0.4, 0.5) is 0 Å². The van der Waals surface area contributed by atoms with Gasteiger partial charge in [0.05, 0.1) is 65.1 Å². The molecule has 0 spiro atoms. The molecule has 684 valence electrons. The number of ether oxygens (including phenoxy) is 19. The molecule has 10 aliphatic rings. The minimum absolute atomic E-state index is 0.888. The van der Waals surface area contributed by atoms with Crippen molar-refractivity contribution in [3.63, 3.8) is 0 Å². The number of hydrogen-bond acceptors (Lipinski definition) is 49. The van der Waals surface area contributed by atoms with Crippen LogP contribution in [0.2, 0.25) is 0 Å². The summed E-state index contributed by atoms with van der Waals surface area (Å²) in [5.41, 5.74) is 0. The third-order valence-corrected chi connectivity index (χ3v) is 22.0. The van der Waals surface area contributed by atoms with Gasteiger partial charge in [-0.2, -0.15) is 0 Å². The predicted molar refractivity (Wildman–Crippen MR) is 362 cm³/mol. The van der Waals surface area contributed by atoms with Crippen molar-refractivity contribution in [3.8, 4) is 0 Å². The lowest BCUT2D eigenvalue weighted by molar-refractivity contribution is -0.397. The molecular formula is C66H111N3O49. The summed E-state index contributed by atoms with van der Waals surface area (Å²) >= 11 is 0. The van der Waals surface area contributed by atoms with Crippen molar-refractivity contribution in [1.82, 2.24) is 16.0 Å². The Morgan fingerprint density at radius 3 is 1.02 bits per heavy atom. The van der Waals surface area contributed by atoms with Crippen molar-refractivity contribution < 1.29 is 242 Å². The third-order valence-electron chi connectivity index (χ3n) is 22.0. The van der Waals surface area contributed by atoms with Gasteiger partial charge in [-0.25, -0.2) is 0 Å². The van der Waals surface area contributed by atoms with Crippen LogP contribution >= 0.6 is 0 Å². The van der Waals surface area contributed by atoms with Crippen molar-refractivity contribution >= 4 is 17.7 Å². The zero-order valence-electron chi connectivity index (χ0n) is 63.6. The molecule has 10 fully saturated rings. The topological polar surface area (TPSA) is 809 Å². The van der Waals surface area contributed by atoms with E-state index in [0.29, 0.717) is 0 Å². The number of aliphatic hydroxyl groups excluding tert-OH is 27. The predicted octanol–water partition coefficient (Wildman–Crippen LogP) is -20.3. The molecule has 1 unspecified atom stereocenters. The molecule has 50 atom stereocenters. The molecule has 10 aliphatic heterocycles. The fourth-order valence-corrected chi connectivity index (χ4v) is 15.2. The maximum atomic E-state index is 13.5. The van der Waals surface area contributed by atoms with Crippen LogP contribution in [0.3, 0.4) is 0 Å². The standard InChI is InChI=1S/C66H111N3O49/c1-14-30(78)40(88)45(93)60(103-14)102-13-26-52(53(29(57(99)105-26)69-18(5)77)115-63-47(95)41(89)31(79)15(2)104-63)114-59-28(68-17(4)76)39(87)51(23(10-74)110-59)113-65-50(98)55(117-66-56(44(92)35(83)22(9-73)109-66)118-58-27(67-16(3)75)38(86)32(80)19(6-70)106-58)37(85)25(112-65)12-101-62-49(97)54(116-64-48(96)43(91)34(82)21(8-72)108-64)36(84)24(111-62)11-100-61-46(94)42(90)33(81)20(7-71)107-61/h14-15,19-66,70-74,78-99H,6-13H2,1-5H3,(H,67,75)(H,68,76)(H,69,77)/t14-,15-,19+,20+,21+,22+,23+,24+,25+,26+,27+,28+,29+,30+,31+,32+,33+,34+,35+,36+,37+,38+,39+,40+,41+,42-,43-,44-,45-,46-,47-,48-,49-,50-,51+,52+,53+,54-,55-,56-,57?,58-,59-,60+,61-,62-,63-,64+,65-,66+/m0/s1. The molecule has 10 saturated heterocycles. The first-order valence-corrected chi connectivity index (χ1v) is 37.9. The number of rotatable bonds is 29. The molecule has 10 rings (SSSR count). The Bertz CT molecular complexity index is 3140. The van der Waals surface area contributed by atoms with Gasteiger partial charge in [0.15, 0.2) is 62.9 Å². The fourth-order valence-electron chi connectivity index (χ4n) is 15.2. The summed E-state index contributed by atoms with van der Waals surface area (Å²) in [6, 6.07) is -5.76. The molecule has 0 aromatic carbocycles. The van der Waals surface area contributed by atoms with E-state index in [1.54, 1.807) is 0 Å². The van der Waals surface area contributed by atoms with Crippen LogP contribution in [0.1, 0.15) is 34.6 Å². The van der Waals surface area contributed by atoms with Gasteiger partial charge in [0.25, 0.3) is 0 Å². The van der Waals surface area contributed by atoms with Crippen molar-refractivity contribution in [3.05, 3.63) is 0 Å². The minimum atomic E-state index is -2.61. The molecular weight excluding hydrogens is 1620 g/mol. The second-order valence-electron chi connectivity index (χ2n) is 30.3. The molecule has 3 amide bonds. The maximum absolute atomic E-state index is 13.5. The van der Waals surface area contributed by atoms with Gasteiger partial charge >= 0.3 is 0 Å². The zero-order valence-corrected chi connectivity index (χ0v) is 63.6. The zero-order chi connectivity index (χ0) is 86.8. The van der Waals surface area contributed by atoms with Crippen LogP contribution in [0.15, 0.2) is 0 Å². The smallest absolute Gasteiger partial charge is 0.217 e. The Kier molecular flexibility index (Phi) is 34.3. The van der Waals surface area contributed by atoms with E-state index >= 15 is 0 Å². The van der Waals surface area contributed by atoms with Gasteiger partial charge in [0.1, 0.15) is 232 Å². The monoisotopic (exact) mass is 1730 g/mol. The number of carbonyl (C=O) groups is 3. The number of nitrogens with one attached hydrogen (secondary N) is 3. The van der Waals surface area contributed by atoms with Gasteiger partial charge in [0.2, 0.25) is 17.7 Å². The molecule has 10 heterocycles. The highest BCUT2D eigenvalue weighted by Gasteiger charge is 2.61. The number of hydrogen-bond donors (Lipinski definition) is 30. The third kappa shape index (κ3) is 21.1. The van der Waals surface area contributed by atoms with Crippen LogP contribution < -0.4 is 16.0 Å². The van der Waals surface area contributed by atoms with Crippen molar-refractivity contribution in [2.45, 2.75) is 341 Å². The Hall–Kier alpha value is -3.43. The van der Waals surface area contributed by atoms with Gasteiger partial charge in [-0.3, -0.25) is 14.4 Å². The molecule has 30 N–H and O–H groups in total. The van der Waals surface area contributed by atoms with E-state index in [-0.39, 0.29) is 0 Å². The van der Waals surface area contributed by atoms with E-state index < -0.39 is 377 Å². The van der Waals surface area contributed by atoms with Crippen molar-refractivity contribution in [1.29, 1.82) is 0 Å². The highest BCUT2D eigenvalue weighted by Crippen LogP contribution is 2.40. The average molecular weight is 1730 g/mol. The van der Waals surface area contributed by atoms with Gasteiger partial charge in [-0.05, 0) is 13.8 Å². The van der Waals surface area contributed by atoms with Gasteiger partial charge < -0.3 is 244 Å². The minimum Gasteiger partial charge on any atom is -0.394 e. The molecule has 118 heavy (non-hydrogen) atoms. The van der Waals surface area contributed by atoms with Crippen LogP contribution in [-0.4, -0.2) is 515 Å². The van der Waals surface area contributed by atoms with E-state index in [4.69, 9.17) is 90.0 Å². The quantitative estimate of drug-likeness (QED) is 0.0331. The van der Waals surface area contributed by atoms with Crippen molar-refractivity contribution in [2.75, 3.05) is 52.9 Å². The molecule has 0 aliphatic carbocycles. The lowest BCUT2D eigenvalue weighted by Crippen LogP contribution is -2.71. The second-order valence-corrected chi connectivity index (χ2v) is 30.3. The summed E-state index contributed by atoms with van der Waals surface area (Å²) in [6.07, 6.45) is -96.9. The van der Waals surface area contributed by atoms with Crippen LogP contribution in [0.5, 0.6) is 0 Å². The molecule has 0 radical (unpaired) electrons. The Morgan fingerprint density at radius 1 is 0.237 bits per heavy atom. The Balaban J connectivity index is 1.01. The fraction of sp³-hybridized carbons (Fsp3) is 0.955. The SMILES string of the molecule is CC(=O)N[C@H]1[C@H](O[C@H]2[C@H](O[C@@H]3O[C@@H](C)[C@@H](O)[C@@H](O)[C@@H]3O)[C@@H](NC(C)=O)C(O)O[C@@H]2CO[C@@H]2O[C@@H](C)[C@@H](O)[C@@H](O)[C@@H]2O)O[C@H](CO)[C@@H](O[C@@H]2O[C@H](CO[C@H]3O[C@H](CO[C@H]4O[C@H](CO)[C@@H](O)[C@H](O)[C@@H]4O)[C@@H](O)[C@H](O[C@H]4O[C@H](CO)[C@@H](O)[C@H](O)[C@@H]4O)[C@@H]3O)[C@@H](O)[C@H](O[C@H]3O[C@H](CO)[C@@H](O)[C@H](O)[C@@H]3O[C@@H]3O[C@H](CO)[C@@H](O)[C@H](O)[C@H]3NC(C)=O)[C@@H]2O)[C@@H]1O. The summed E-state index contributed by atoms with van der Waals surface area (Å²) in [5.74, 6) is -2.81. The first-order valence-electron chi connectivity index (χ1n) is 37.9. The lowest BCUT2D eigenvalue weighted by Gasteiger charge is -2.51. The van der Waals surface area contributed by atoms with Gasteiger partial charge in [0, 0.05) is 20.8 Å². The molecule has 0 aromatic heterocycles. The lowest BCUT2D eigenvalue weighted by atomic mass is 9.93. The molecule has 52 heteroatoms. The number of amides is 3. The second kappa shape index (κ2) is 41.8. The Morgan fingerprint density at radius 2 is 0.534 bits per heavy atom. The molecule has 0 bridgehead atoms. The van der Waals surface area contributed by atoms with E-state index in [2.05, 4.69) is 16.0 Å². The van der Waals surface area contributed by atoms with E-state index in [0.717, 1.165) is 20.8 Å². The summed E-state index contributed by atoms with van der Waals surface area (Å²) in [4.78, 5) is 39.0. The summed E-state index contributed by atoms with van der Waals surface area (Å²) in [6.45, 7) is -3.26. The molecule has 0 aromatic rings. The molecule has 52 nitrogen and oxygen atoms in total. The van der Waals surface area contributed by atoms with Crippen molar-refractivity contribution in [2.24, 2.45) is 0 Å². The van der Waals surface area contributed by atoms with Gasteiger partial charge in [-0.1, -0.05) is 0 Å². The van der Waals surface area contributed by atoms with Crippen LogP contribution in [-0.2, 0) is 104 Å². The van der Waals surface area contributed by atoms with Gasteiger partial charge in [-0.15, -0.1) is 0 Å². The van der Waals surface area contributed by atoms with Crippen LogP contribution in [0.25, 0.3) is 0 Å². The first-order chi connectivity index (χ1) is 55.7. The Labute approximate surface area is 668 Å². The molecule has 0 saturated carbocycles. The highest BCUT2D eigenvalue weighted by atomic mass is 16.8. The summed E-state index contributed by atoms with van der Waals surface area (Å²) in [5, 5.41) is 307. The normalized spacial score (nSPS) is 51.1. The average Bonchev–Trinajstić information content (AvgIpc) is 0.770. The van der Waals surface area contributed by atoms with Crippen LogP contribution in [0, 0.1) is 0 Å². The summed E-state index contributed by atoms with van der Waals surface area (Å²) < 4.78 is 113. The largest absolute Gasteiger partial charge is 0.394 e. The maximum Gasteiger partial charge on any atom is 0.217 e. The summed E-state index contributed by atoms with van der Waals surface area (Å²) in [7, 11) is 0. The highest BCUT2D eigenvalue weighted by molar-refractivity contribution is 5.74. The van der Waals surface area contributed by atoms with E-state index in [1.807, 2.05) is 0 Å². The number of carbonyl (C=O) groups excluding carboxylic acids is 3. The number of aliphatic hydroxyl groups is 27. The van der Waals surface area contributed by atoms with E-state index in [9.17, 15) is 152 Å². The van der Waals surface area contributed by atoms with E-state index in [1.165, 1.54) is 13.8 Å². The first kappa shape index (κ1) is 96.8.